The zero-order chi connectivity index (χ0) is 14.7. The summed E-state index contributed by atoms with van der Waals surface area (Å²) in [6.45, 7) is 0. The van der Waals surface area contributed by atoms with Crippen LogP contribution in [-0.4, -0.2) is 15.7 Å². The Balaban J connectivity index is 2.22. The molecule has 2 aromatic carbocycles. The Labute approximate surface area is 125 Å². The zero-order valence-electron chi connectivity index (χ0n) is 10.1. The molecule has 0 heterocycles. The SMILES string of the molecule is O=C(CS(=O)c1cccc(Br)c1)c1c(F)cccc1F. The topological polar surface area (TPSA) is 34.1 Å². The molecule has 0 N–H and O–H groups in total. The van der Waals surface area contributed by atoms with Gasteiger partial charge in [0.05, 0.1) is 22.1 Å². The van der Waals surface area contributed by atoms with Crippen molar-refractivity contribution in [1.29, 1.82) is 0 Å². The predicted octanol–water partition coefficient (Wildman–Crippen LogP) is 3.72. The molecule has 2 aromatic rings. The van der Waals surface area contributed by atoms with Crippen LogP contribution in [0.4, 0.5) is 8.78 Å². The molecule has 0 aromatic heterocycles. The Morgan fingerprint density at radius 2 is 1.70 bits per heavy atom. The minimum absolute atomic E-state index is 0.421. The van der Waals surface area contributed by atoms with E-state index in [4.69, 9.17) is 0 Å². The molecule has 1 unspecified atom stereocenters. The van der Waals surface area contributed by atoms with Crippen LogP contribution in [0.25, 0.3) is 0 Å². The van der Waals surface area contributed by atoms with Crippen LogP contribution in [0.2, 0.25) is 0 Å². The lowest BCUT2D eigenvalue weighted by atomic mass is 10.1. The van der Waals surface area contributed by atoms with Crippen molar-refractivity contribution in [2.45, 2.75) is 4.90 Å². The lowest BCUT2D eigenvalue weighted by molar-refractivity contribution is 0.101. The van der Waals surface area contributed by atoms with Crippen LogP contribution in [-0.2, 0) is 10.8 Å². The number of carbonyl (C=O) groups excluding carboxylic acids is 1. The fourth-order valence-electron chi connectivity index (χ4n) is 1.65. The van der Waals surface area contributed by atoms with Gasteiger partial charge in [0.25, 0.3) is 0 Å². The van der Waals surface area contributed by atoms with Gasteiger partial charge in [0, 0.05) is 9.37 Å². The first kappa shape index (κ1) is 15.0. The first-order valence-corrected chi connectivity index (χ1v) is 7.71. The summed E-state index contributed by atoms with van der Waals surface area (Å²) in [5.74, 6) is -3.17. The molecule has 0 fully saturated rings. The summed E-state index contributed by atoms with van der Waals surface area (Å²) in [6, 6.07) is 9.78. The van der Waals surface area contributed by atoms with Gasteiger partial charge in [-0.15, -0.1) is 0 Å². The highest BCUT2D eigenvalue weighted by molar-refractivity contribution is 9.10. The van der Waals surface area contributed by atoms with Crippen LogP contribution < -0.4 is 0 Å². The first-order valence-electron chi connectivity index (χ1n) is 5.60. The van der Waals surface area contributed by atoms with Gasteiger partial charge in [0.2, 0.25) is 0 Å². The van der Waals surface area contributed by atoms with E-state index in [1.54, 1.807) is 24.3 Å². The molecular weight excluding hydrogens is 350 g/mol. The van der Waals surface area contributed by atoms with E-state index >= 15 is 0 Å². The predicted molar refractivity (Wildman–Crippen MR) is 76.1 cm³/mol. The normalized spacial score (nSPS) is 12.2. The quantitative estimate of drug-likeness (QED) is 0.780. The van der Waals surface area contributed by atoms with Gasteiger partial charge < -0.3 is 0 Å². The highest BCUT2D eigenvalue weighted by Gasteiger charge is 2.19. The Morgan fingerprint density at radius 1 is 1.10 bits per heavy atom. The largest absolute Gasteiger partial charge is 0.293 e. The molecule has 0 spiro atoms. The van der Waals surface area contributed by atoms with Crippen LogP contribution in [0.15, 0.2) is 51.8 Å². The second-order valence-electron chi connectivity index (χ2n) is 3.97. The van der Waals surface area contributed by atoms with Crippen molar-refractivity contribution in [3.8, 4) is 0 Å². The summed E-state index contributed by atoms with van der Waals surface area (Å²) in [5.41, 5.74) is -0.643. The van der Waals surface area contributed by atoms with Crippen molar-refractivity contribution in [1.82, 2.24) is 0 Å². The van der Waals surface area contributed by atoms with E-state index in [0.29, 0.717) is 9.37 Å². The van der Waals surface area contributed by atoms with Gasteiger partial charge in [0.1, 0.15) is 11.6 Å². The van der Waals surface area contributed by atoms with E-state index in [1.807, 2.05) is 0 Å². The van der Waals surface area contributed by atoms with E-state index in [9.17, 15) is 17.8 Å². The van der Waals surface area contributed by atoms with Gasteiger partial charge in [-0.1, -0.05) is 28.1 Å². The first-order chi connectivity index (χ1) is 9.49. The summed E-state index contributed by atoms with van der Waals surface area (Å²) in [5, 5.41) is 0. The summed E-state index contributed by atoms with van der Waals surface area (Å²) in [6.07, 6.45) is 0. The van der Waals surface area contributed by atoms with E-state index in [-0.39, 0.29) is 0 Å². The summed E-state index contributed by atoms with van der Waals surface area (Å²) in [4.78, 5) is 12.3. The molecule has 20 heavy (non-hydrogen) atoms. The van der Waals surface area contributed by atoms with Crippen molar-refractivity contribution in [2.75, 3.05) is 5.75 Å². The highest BCUT2D eigenvalue weighted by atomic mass is 79.9. The average Bonchev–Trinajstić information content (AvgIpc) is 2.38. The third-order valence-corrected chi connectivity index (χ3v) is 4.36. The Bertz CT molecular complexity index is 668. The maximum atomic E-state index is 13.5. The number of hydrogen-bond acceptors (Lipinski definition) is 2. The molecule has 0 bridgehead atoms. The van der Waals surface area contributed by atoms with Crippen molar-refractivity contribution in [2.24, 2.45) is 0 Å². The van der Waals surface area contributed by atoms with Gasteiger partial charge in [-0.3, -0.25) is 9.00 Å². The van der Waals surface area contributed by atoms with Crippen molar-refractivity contribution >= 4 is 32.5 Å². The molecule has 0 saturated heterocycles. The van der Waals surface area contributed by atoms with Crippen LogP contribution in [0.5, 0.6) is 0 Å². The Hall–Kier alpha value is -1.40. The second kappa shape index (κ2) is 6.37. The number of hydrogen-bond donors (Lipinski definition) is 0. The van der Waals surface area contributed by atoms with Gasteiger partial charge in [0.15, 0.2) is 5.78 Å². The summed E-state index contributed by atoms with van der Waals surface area (Å²) >= 11 is 3.23. The standard InChI is InChI=1S/C14H9BrF2O2S/c15-9-3-1-4-10(7-9)20(19)8-13(18)14-11(16)5-2-6-12(14)17/h1-7H,8H2. The molecule has 0 amide bonds. The van der Waals surface area contributed by atoms with Crippen molar-refractivity contribution < 1.29 is 17.8 Å². The van der Waals surface area contributed by atoms with Gasteiger partial charge >= 0.3 is 0 Å². The van der Waals surface area contributed by atoms with E-state index in [0.717, 1.165) is 12.1 Å². The molecule has 2 rings (SSSR count). The molecule has 104 valence electrons. The number of halogens is 3. The highest BCUT2D eigenvalue weighted by Crippen LogP contribution is 2.17. The maximum absolute atomic E-state index is 13.5. The molecule has 0 aliphatic carbocycles. The van der Waals surface area contributed by atoms with Gasteiger partial charge in [-0.25, -0.2) is 8.78 Å². The molecular formula is C14H9BrF2O2S. The second-order valence-corrected chi connectivity index (χ2v) is 6.33. The van der Waals surface area contributed by atoms with Crippen LogP contribution in [0.1, 0.15) is 10.4 Å². The molecule has 1 atom stereocenters. The number of rotatable bonds is 4. The van der Waals surface area contributed by atoms with Gasteiger partial charge in [-0.2, -0.15) is 0 Å². The van der Waals surface area contributed by atoms with Crippen LogP contribution >= 0.6 is 15.9 Å². The number of benzene rings is 2. The summed E-state index contributed by atoms with van der Waals surface area (Å²) in [7, 11) is -1.65. The minimum Gasteiger partial charge on any atom is -0.293 e. The van der Waals surface area contributed by atoms with E-state index in [2.05, 4.69) is 15.9 Å². The van der Waals surface area contributed by atoms with Gasteiger partial charge in [-0.05, 0) is 30.3 Å². The Morgan fingerprint density at radius 3 is 2.30 bits per heavy atom. The zero-order valence-corrected chi connectivity index (χ0v) is 12.5. The molecule has 0 aliphatic heterocycles. The minimum atomic E-state index is -1.65. The molecule has 0 radical (unpaired) electrons. The average molecular weight is 359 g/mol. The monoisotopic (exact) mass is 358 g/mol. The smallest absolute Gasteiger partial charge is 0.181 e. The maximum Gasteiger partial charge on any atom is 0.181 e. The van der Waals surface area contributed by atoms with E-state index < -0.39 is 39.5 Å². The van der Waals surface area contributed by atoms with E-state index in [1.165, 1.54) is 6.07 Å². The number of ketones is 1. The molecule has 0 aliphatic rings. The van der Waals surface area contributed by atoms with Crippen molar-refractivity contribution in [3.63, 3.8) is 0 Å². The molecule has 2 nitrogen and oxygen atoms in total. The lowest BCUT2D eigenvalue weighted by Gasteiger charge is -2.05. The van der Waals surface area contributed by atoms with Crippen LogP contribution in [0.3, 0.4) is 0 Å². The lowest BCUT2D eigenvalue weighted by Crippen LogP contribution is -2.14. The van der Waals surface area contributed by atoms with Crippen LogP contribution in [0, 0.1) is 11.6 Å². The Kier molecular flexibility index (Phi) is 4.77. The fourth-order valence-corrected chi connectivity index (χ4v) is 3.24. The molecule has 6 heteroatoms. The fraction of sp³-hybridized carbons (Fsp3) is 0.0714. The third-order valence-electron chi connectivity index (χ3n) is 2.56. The number of Topliss-reactive ketones (excluding diaryl/α,β-unsaturated/α-hetero) is 1. The molecule has 0 saturated carbocycles. The third kappa shape index (κ3) is 3.37. The number of carbonyl (C=O) groups is 1. The summed E-state index contributed by atoms with van der Waals surface area (Å²) < 4.78 is 39.6. The van der Waals surface area contributed by atoms with Crippen molar-refractivity contribution in [3.05, 3.63) is 64.1 Å².